The fourth-order valence-electron chi connectivity index (χ4n) is 2.61. The number of hydrogen-bond acceptors (Lipinski definition) is 4. The monoisotopic (exact) mass is 275 g/mol. The molecule has 1 heterocycles. The van der Waals surface area contributed by atoms with Crippen LogP contribution < -0.4 is 5.32 Å². The number of benzene rings is 1. The van der Waals surface area contributed by atoms with Crippen LogP contribution in [-0.2, 0) is 0 Å². The van der Waals surface area contributed by atoms with Crippen molar-refractivity contribution < 1.29 is 4.79 Å². The molecule has 1 fully saturated rings. The molecular formula is C14H17N3OS. The van der Waals surface area contributed by atoms with Crippen LogP contribution >= 0.6 is 11.5 Å². The molecule has 1 saturated carbocycles. The van der Waals surface area contributed by atoms with Crippen molar-refractivity contribution in [3.05, 3.63) is 23.8 Å². The Bertz CT molecular complexity index is 573. The van der Waals surface area contributed by atoms with E-state index in [1.807, 2.05) is 18.2 Å². The van der Waals surface area contributed by atoms with Gasteiger partial charge in [-0.3, -0.25) is 4.79 Å². The van der Waals surface area contributed by atoms with Crippen LogP contribution in [0, 0.1) is 0 Å². The number of nitrogens with one attached hydrogen (secondary N) is 1. The molecular weight excluding hydrogens is 258 g/mol. The second-order valence-corrected chi connectivity index (χ2v) is 5.90. The number of nitrogens with zero attached hydrogens (tertiary/aromatic N) is 2. The summed E-state index contributed by atoms with van der Waals surface area (Å²) in [6.45, 7) is 0. The van der Waals surface area contributed by atoms with E-state index in [1.54, 1.807) is 0 Å². The molecule has 0 spiro atoms. The van der Waals surface area contributed by atoms with Gasteiger partial charge in [0.15, 0.2) is 0 Å². The molecule has 19 heavy (non-hydrogen) atoms. The average molecular weight is 275 g/mol. The Morgan fingerprint density at radius 1 is 1.21 bits per heavy atom. The SMILES string of the molecule is O=C(NC1CCCCCC1)c1ccc2snnc2c1. The zero-order chi connectivity index (χ0) is 13.1. The number of fused-ring (bicyclic) bond motifs is 1. The fourth-order valence-corrected chi connectivity index (χ4v) is 3.15. The number of carbonyl (C=O) groups is 1. The van der Waals surface area contributed by atoms with E-state index in [2.05, 4.69) is 14.9 Å². The summed E-state index contributed by atoms with van der Waals surface area (Å²) in [6.07, 6.45) is 7.24. The maximum atomic E-state index is 12.2. The lowest BCUT2D eigenvalue weighted by Gasteiger charge is -2.16. The molecule has 0 atom stereocenters. The minimum atomic E-state index is 0.0156. The van der Waals surface area contributed by atoms with Crippen molar-refractivity contribution in [2.75, 3.05) is 0 Å². The average Bonchev–Trinajstić information content (AvgIpc) is 2.75. The van der Waals surface area contributed by atoms with E-state index in [9.17, 15) is 4.79 Å². The van der Waals surface area contributed by atoms with Gasteiger partial charge in [0, 0.05) is 11.6 Å². The van der Waals surface area contributed by atoms with Crippen molar-refractivity contribution >= 4 is 27.7 Å². The fraction of sp³-hybridized carbons (Fsp3) is 0.500. The number of carbonyl (C=O) groups excluding carboxylic acids is 1. The summed E-state index contributed by atoms with van der Waals surface area (Å²) in [7, 11) is 0. The Hall–Kier alpha value is -1.49. The van der Waals surface area contributed by atoms with E-state index in [0.717, 1.165) is 23.1 Å². The number of hydrogen-bond donors (Lipinski definition) is 1. The normalized spacial score (nSPS) is 17.3. The Morgan fingerprint density at radius 2 is 2.00 bits per heavy atom. The van der Waals surface area contributed by atoms with Gasteiger partial charge in [-0.05, 0) is 42.6 Å². The first-order valence-electron chi connectivity index (χ1n) is 6.86. The van der Waals surface area contributed by atoms with Crippen LogP contribution in [0.5, 0.6) is 0 Å². The summed E-state index contributed by atoms with van der Waals surface area (Å²) in [5.41, 5.74) is 1.49. The predicted octanol–water partition coefficient (Wildman–Crippen LogP) is 3.14. The summed E-state index contributed by atoms with van der Waals surface area (Å²) < 4.78 is 4.91. The Morgan fingerprint density at radius 3 is 2.79 bits per heavy atom. The predicted molar refractivity (Wildman–Crippen MR) is 76.4 cm³/mol. The summed E-state index contributed by atoms with van der Waals surface area (Å²) in [4.78, 5) is 12.2. The van der Waals surface area contributed by atoms with Crippen molar-refractivity contribution in [2.24, 2.45) is 0 Å². The van der Waals surface area contributed by atoms with Crippen molar-refractivity contribution in [3.63, 3.8) is 0 Å². The molecule has 5 heteroatoms. The van der Waals surface area contributed by atoms with Crippen molar-refractivity contribution in [3.8, 4) is 0 Å². The highest BCUT2D eigenvalue weighted by atomic mass is 32.1. The largest absolute Gasteiger partial charge is 0.349 e. The molecule has 0 radical (unpaired) electrons. The molecule has 3 rings (SSSR count). The number of rotatable bonds is 2. The molecule has 0 aliphatic heterocycles. The smallest absolute Gasteiger partial charge is 0.251 e. The molecule has 1 aliphatic rings. The Labute approximate surface area is 116 Å². The second kappa shape index (κ2) is 5.65. The van der Waals surface area contributed by atoms with Gasteiger partial charge in [0.1, 0.15) is 5.52 Å². The Kier molecular flexibility index (Phi) is 3.73. The van der Waals surface area contributed by atoms with Gasteiger partial charge in [0.2, 0.25) is 0 Å². The Balaban J connectivity index is 1.71. The van der Waals surface area contributed by atoms with Crippen LogP contribution in [0.1, 0.15) is 48.9 Å². The van der Waals surface area contributed by atoms with Crippen LogP contribution in [0.2, 0.25) is 0 Å². The van der Waals surface area contributed by atoms with E-state index < -0.39 is 0 Å². The van der Waals surface area contributed by atoms with Crippen LogP contribution in [0.3, 0.4) is 0 Å². The third-order valence-corrected chi connectivity index (χ3v) is 4.40. The first-order chi connectivity index (χ1) is 9.33. The van der Waals surface area contributed by atoms with Gasteiger partial charge in [-0.25, -0.2) is 0 Å². The molecule has 1 aliphatic carbocycles. The van der Waals surface area contributed by atoms with Crippen LogP contribution in [-0.4, -0.2) is 21.5 Å². The van der Waals surface area contributed by atoms with Gasteiger partial charge < -0.3 is 5.32 Å². The lowest BCUT2D eigenvalue weighted by molar-refractivity contribution is 0.0933. The molecule has 1 N–H and O–H groups in total. The first-order valence-corrected chi connectivity index (χ1v) is 7.63. The molecule has 1 aromatic carbocycles. The molecule has 1 aromatic heterocycles. The molecule has 0 unspecified atom stereocenters. The molecule has 0 saturated heterocycles. The van der Waals surface area contributed by atoms with Crippen LogP contribution in [0.15, 0.2) is 18.2 Å². The van der Waals surface area contributed by atoms with E-state index in [1.165, 1.54) is 37.2 Å². The van der Waals surface area contributed by atoms with Crippen molar-refractivity contribution in [1.29, 1.82) is 0 Å². The van der Waals surface area contributed by atoms with Gasteiger partial charge in [-0.15, -0.1) is 5.10 Å². The van der Waals surface area contributed by atoms with Gasteiger partial charge >= 0.3 is 0 Å². The molecule has 1 amide bonds. The lowest BCUT2D eigenvalue weighted by Crippen LogP contribution is -2.34. The maximum absolute atomic E-state index is 12.2. The topological polar surface area (TPSA) is 54.9 Å². The zero-order valence-electron chi connectivity index (χ0n) is 10.8. The lowest BCUT2D eigenvalue weighted by atomic mass is 10.1. The van der Waals surface area contributed by atoms with E-state index in [-0.39, 0.29) is 5.91 Å². The minimum absolute atomic E-state index is 0.0156. The van der Waals surface area contributed by atoms with Crippen LogP contribution in [0.25, 0.3) is 10.2 Å². The van der Waals surface area contributed by atoms with Gasteiger partial charge in [0.05, 0.1) is 4.70 Å². The third kappa shape index (κ3) is 2.92. The van der Waals surface area contributed by atoms with Gasteiger partial charge in [-0.1, -0.05) is 30.2 Å². The zero-order valence-corrected chi connectivity index (χ0v) is 11.6. The molecule has 0 bridgehead atoms. The first kappa shape index (κ1) is 12.5. The second-order valence-electron chi connectivity index (χ2n) is 5.12. The van der Waals surface area contributed by atoms with E-state index in [0.29, 0.717) is 11.6 Å². The molecule has 4 nitrogen and oxygen atoms in total. The van der Waals surface area contributed by atoms with E-state index in [4.69, 9.17) is 0 Å². The standard InChI is InChI=1S/C14H17N3OS/c18-14(15-11-5-3-1-2-4-6-11)10-7-8-13-12(9-10)16-17-19-13/h7-9,11H,1-6H2,(H,15,18). The van der Waals surface area contributed by atoms with Crippen molar-refractivity contribution in [2.45, 2.75) is 44.6 Å². The molecule has 100 valence electrons. The summed E-state index contributed by atoms with van der Waals surface area (Å²) in [5.74, 6) is 0.0156. The number of aromatic nitrogens is 2. The highest BCUT2D eigenvalue weighted by Crippen LogP contribution is 2.19. The number of amides is 1. The maximum Gasteiger partial charge on any atom is 0.251 e. The van der Waals surface area contributed by atoms with Crippen LogP contribution in [0.4, 0.5) is 0 Å². The summed E-state index contributed by atoms with van der Waals surface area (Å²) in [6, 6.07) is 5.93. The summed E-state index contributed by atoms with van der Waals surface area (Å²) in [5, 5.41) is 7.16. The molecule has 2 aromatic rings. The van der Waals surface area contributed by atoms with Gasteiger partial charge in [0.25, 0.3) is 5.91 Å². The quantitative estimate of drug-likeness (QED) is 0.857. The highest BCUT2D eigenvalue weighted by Gasteiger charge is 2.16. The highest BCUT2D eigenvalue weighted by molar-refractivity contribution is 7.12. The third-order valence-electron chi connectivity index (χ3n) is 3.70. The van der Waals surface area contributed by atoms with Gasteiger partial charge in [-0.2, -0.15) is 0 Å². The minimum Gasteiger partial charge on any atom is -0.349 e. The van der Waals surface area contributed by atoms with E-state index >= 15 is 0 Å². The van der Waals surface area contributed by atoms with Crippen molar-refractivity contribution in [1.82, 2.24) is 14.9 Å². The summed E-state index contributed by atoms with van der Waals surface area (Å²) >= 11 is 1.35.